The van der Waals surface area contributed by atoms with E-state index in [0.29, 0.717) is 12.2 Å². The van der Waals surface area contributed by atoms with Crippen molar-refractivity contribution in [3.8, 4) is 10.6 Å². The van der Waals surface area contributed by atoms with Gasteiger partial charge in [0.15, 0.2) is 0 Å². The molecule has 0 spiro atoms. The van der Waals surface area contributed by atoms with E-state index in [9.17, 15) is 4.79 Å². The number of carbonyl (C=O) groups is 1. The summed E-state index contributed by atoms with van der Waals surface area (Å²) in [6.07, 6.45) is 0. The van der Waals surface area contributed by atoms with Crippen LogP contribution in [-0.2, 0) is 13.1 Å². The molecule has 0 aliphatic carbocycles. The molecule has 29 heavy (non-hydrogen) atoms. The van der Waals surface area contributed by atoms with Gasteiger partial charge in [0.05, 0.1) is 0 Å². The van der Waals surface area contributed by atoms with Crippen molar-refractivity contribution >= 4 is 17.2 Å². The van der Waals surface area contributed by atoms with Gasteiger partial charge < -0.3 is 10.2 Å². The minimum Gasteiger partial charge on any atom is -0.347 e. The van der Waals surface area contributed by atoms with Gasteiger partial charge in [-0.2, -0.15) is 0 Å². The fourth-order valence-corrected chi connectivity index (χ4v) is 4.20. The van der Waals surface area contributed by atoms with Crippen molar-refractivity contribution in [2.45, 2.75) is 13.1 Å². The SMILES string of the molecule is CN1CCN(Cc2ccc(CNC(=O)c3csc(-c4ccccc4)n3)cc2)CC1. The minimum atomic E-state index is -0.134. The topological polar surface area (TPSA) is 48.5 Å². The van der Waals surface area contributed by atoms with Crippen molar-refractivity contribution in [1.29, 1.82) is 0 Å². The number of aromatic nitrogens is 1. The lowest BCUT2D eigenvalue weighted by Crippen LogP contribution is -2.43. The van der Waals surface area contributed by atoms with Crippen LogP contribution in [0.5, 0.6) is 0 Å². The summed E-state index contributed by atoms with van der Waals surface area (Å²) in [5.41, 5.74) is 3.92. The van der Waals surface area contributed by atoms with Gasteiger partial charge in [-0.25, -0.2) is 4.98 Å². The van der Waals surface area contributed by atoms with Crippen LogP contribution in [0.4, 0.5) is 0 Å². The summed E-state index contributed by atoms with van der Waals surface area (Å²) < 4.78 is 0. The summed E-state index contributed by atoms with van der Waals surface area (Å²) in [5, 5.41) is 5.66. The molecule has 1 amide bonds. The third kappa shape index (κ3) is 5.29. The molecule has 4 rings (SSSR count). The maximum Gasteiger partial charge on any atom is 0.271 e. The Bertz CT molecular complexity index is 931. The van der Waals surface area contributed by atoms with E-state index in [1.54, 1.807) is 0 Å². The van der Waals surface area contributed by atoms with E-state index in [-0.39, 0.29) is 5.91 Å². The molecule has 2 heterocycles. The van der Waals surface area contributed by atoms with E-state index in [4.69, 9.17) is 0 Å². The first-order valence-electron chi connectivity index (χ1n) is 9.95. The van der Waals surface area contributed by atoms with Crippen LogP contribution >= 0.6 is 11.3 Å². The number of hydrogen-bond acceptors (Lipinski definition) is 5. The number of rotatable bonds is 6. The number of nitrogens with zero attached hydrogens (tertiary/aromatic N) is 3. The molecular formula is C23H26N4OS. The van der Waals surface area contributed by atoms with Crippen LogP contribution in [0.1, 0.15) is 21.6 Å². The number of likely N-dealkylation sites (N-methyl/N-ethyl adjacent to an activating group) is 1. The Morgan fingerprint density at radius 2 is 1.69 bits per heavy atom. The Labute approximate surface area is 176 Å². The maximum atomic E-state index is 12.4. The Hall–Kier alpha value is -2.54. The largest absolute Gasteiger partial charge is 0.347 e. The molecule has 0 saturated carbocycles. The first-order chi connectivity index (χ1) is 14.2. The zero-order chi connectivity index (χ0) is 20.1. The Balaban J connectivity index is 1.29. The number of amides is 1. The molecular weight excluding hydrogens is 380 g/mol. The normalized spacial score (nSPS) is 15.3. The molecule has 6 heteroatoms. The van der Waals surface area contributed by atoms with Crippen molar-refractivity contribution in [3.05, 3.63) is 76.8 Å². The number of thiazole rings is 1. The molecule has 1 saturated heterocycles. The van der Waals surface area contributed by atoms with E-state index < -0.39 is 0 Å². The molecule has 1 aliphatic heterocycles. The minimum absolute atomic E-state index is 0.134. The average Bonchev–Trinajstić information content (AvgIpc) is 3.26. The van der Waals surface area contributed by atoms with Crippen LogP contribution in [0, 0.1) is 0 Å². The van der Waals surface area contributed by atoms with Gasteiger partial charge in [-0.15, -0.1) is 11.3 Å². The van der Waals surface area contributed by atoms with Crippen molar-refractivity contribution in [3.63, 3.8) is 0 Å². The Kier molecular flexibility index (Phi) is 6.34. The molecule has 1 aliphatic rings. The van der Waals surface area contributed by atoms with Crippen molar-refractivity contribution in [2.24, 2.45) is 0 Å². The van der Waals surface area contributed by atoms with Crippen LogP contribution in [0.2, 0.25) is 0 Å². The number of piperazine rings is 1. The highest BCUT2D eigenvalue weighted by Crippen LogP contribution is 2.23. The molecule has 150 valence electrons. The lowest BCUT2D eigenvalue weighted by atomic mass is 10.1. The van der Waals surface area contributed by atoms with Gasteiger partial charge in [0.25, 0.3) is 5.91 Å². The molecule has 0 bridgehead atoms. The average molecular weight is 407 g/mol. The van der Waals surface area contributed by atoms with Gasteiger partial charge >= 0.3 is 0 Å². The van der Waals surface area contributed by atoms with Crippen LogP contribution in [0.25, 0.3) is 10.6 Å². The molecule has 5 nitrogen and oxygen atoms in total. The Morgan fingerprint density at radius 3 is 2.41 bits per heavy atom. The predicted molar refractivity (Wildman–Crippen MR) is 118 cm³/mol. The van der Waals surface area contributed by atoms with Gasteiger partial charge in [0.2, 0.25) is 0 Å². The monoisotopic (exact) mass is 406 g/mol. The molecule has 1 fully saturated rings. The molecule has 0 atom stereocenters. The van der Waals surface area contributed by atoms with Crippen LogP contribution in [-0.4, -0.2) is 53.9 Å². The van der Waals surface area contributed by atoms with Crippen LogP contribution < -0.4 is 5.32 Å². The smallest absolute Gasteiger partial charge is 0.271 e. The number of nitrogens with one attached hydrogen (secondary N) is 1. The number of hydrogen-bond donors (Lipinski definition) is 1. The summed E-state index contributed by atoms with van der Waals surface area (Å²) in [6.45, 7) is 5.99. The second kappa shape index (κ2) is 9.31. The number of carbonyl (C=O) groups excluding carboxylic acids is 1. The first kappa shape index (κ1) is 19.8. The van der Waals surface area contributed by atoms with E-state index in [1.165, 1.54) is 16.9 Å². The van der Waals surface area contributed by atoms with Crippen LogP contribution in [0.3, 0.4) is 0 Å². The lowest BCUT2D eigenvalue weighted by molar-refractivity contribution is 0.0946. The van der Waals surface area contributed by atoms with Gasteiger partial charge in [0, 0.05) is 50.2 Å². The summed E-state index contributed by atoms with van der Waals surface area (Å²) in [4.78, 5) is 21.8. The third-order valence-electron chi connectivity index (χ3n) is 5.24. The van der Waals surface area contributed by atoms with Gasteiger partial charge in [-0.1, -0.05) is 54.6 Å². The predicted octanol–water partition coefficient (Wildman–Crippen LogP) is 3.49. The first-order valence-corrected chi connectivity index (χ1v) is 10.8. The van der Waals surface area contributed by atoms with Gasteiger partial charge in [0.1, 0.15) is 10.7 Å². The second-order valence-corrected chi connectivity index (χ2v) is 8.34. The number of benzene rings is 2. The second-order valence-electron chi connectivity index (χ2n) is 7.48. The van der Waals surface area contributed by atoms with Gasteiger partial charge in [-0.05, 0) is 18.2 Å². The molecule has 0 unspecified atom stereocenters. The fourth-order valence-electron chi connectivity index (χ4n) is 3.39. The highest BCUT2D eigenvalue weighted by Gasteiger charge is 2.14. The fraction of sp³-hybridized carbons (Fsp3) is 0.304. The van der Waals surface area contributed by atoms with E-state index in [0.717, 1.165) is 48.9 Å². The van der Waals surface area contributed by atoms with E-state index in [1.807, 2.05) is 35.7 Å². The standard InChI is InChI=1S/C23H26N4OS/c1-26-11-13-27(14-12-26)16-19-9-7-18(8-10-19)15-24-22(28)21-17-29-23(25-21)20-5-3-2-4-6-20/h2-10,17H,11-16H2,1H3,(H,24,28). The summed E-state index contributed by atoms with van der Waals surface area (Å²) in [6, 6.07) is 18.5. The van der Waals surface area contributed by atoms with Gasteiger partial charge in [-0.3, -0.25) is 9.69 Å². The lowest BCUT2D eigenvalue weighted by Gasteiger charge is -2.32. The molecule has 2 aromatic carbocycles. The van der Waals surface area contributed by atoms with Crippen molar-refractivity contribution in [1.82, 2.24) is 20.1 Å². The highest BCUT2D eigenvalue weighted by molar-refractivity contribution is 7.13. The quantitative estimate of drug-likeness (QED) is 0.681. The third-order valence-corrected chi connectivity index (χ3v) is 6.13. The van der Waals surface area contributed by atoms with E-state index in [2.05, 4.69) is 51.4 Å². The molecule has 1 N–H and O–H groups in total. The summed E-state index contributed by atoms with van der Waals surface area (Å²) in [7, 11) is 2.18. The molecule has 3 aromatic rings. The molecule has 1 aromatic heterocycles. The zero-order valence-electron chi connectivity index (χ0n) is 16.7. The molecule has 0 radical (unpaired) electrons. The maximum absolute atomic E-state index is 12.4. The zero-order valence-corrected chi connectivity index (χ0v) is 17.5. The Morgan fingerprint density at radius 1 is 1.00 bits per heavy atom. The van der Waals surface area contributed by atoms with Crippen LogP contribution in [0.15, 0.2) is 60.0 Å². The van der Waals surface area contributed by atoms with Crippen molar-refractivity contribution < 1.29 is 4.79 Å². The highest BCUT2D eigenvalue weighted by atomic mass is 32.1. The summed E-state index contributed by atoms with van der Waals surface area (Å²) in [5.74, 6) is -0.134. The summed E-state index contributed by atoms with van der Waals surface area (Å²) >= 11 is 1.49. The van der Waals surface area contributed by atoms with Crippen molar-refractivity contribution in [2.75, 3.05) is 33.2 Å². The van der Waals surface area contributed by atoms with E-state index >= 15 is 0 Å².